The minimum Gasteiger partial charge on any atom is -0.495 e. The van der Waals surface area contributed by atoms with Crippen LogP contribution in [0.15, 0.2) is 60.9 Å². The molecule has 8 nitrogen and oxygen atoms in total. The van der Waals surface area contributed by atoms with Gasteiger partial charge in [-0.25, -0.2) is 9.97 Å². The Hall–Kier alpha value is -4.41. The molecule has 0 spiro atoms. The van der Waals surface area contributed by atoms with E-state index in [0.717, 1.165) is 12.1 Å². The summed E-state index contributed by atoms with van der Waals surface area (Å²) in [6.07, 6.45) is -1.60. The van der Waals surface area contributed by atoms with E-state index in [1.165, 1.54) is 31.6 Å². The van der Waals surface area contributed by atoms with Crippen LogP contribution in [0.2, 0.25) is 0 Å². The maximum Gasteiger partial charge on any atom is 0.416 e. The molecule has 168 valence electrons. The molecule has 4 aromatic rings. The van der Waals surface area contributed by atoms with Gasteiger partial charge in [0.1, 0.15) is 22.9 Å². The van der Waals surface area contributed by atoms with Crippen LogP contribution in [0.4, 0.5) is 24.8 Å². The SMILES string of the molecule is COc1ccc(C(F)(F)F)cc1Nc1ncc2cc(Oc3ccnc(C(N)=O)c3)ccc2n1. The molecule has 0 aliphatic carbocycles. The number of alkyl halides is 3. The monoisotopic (exact) mass is 455 g/mol. The van der Waals surface area contributed by atoms with Gasteiger partial charge in [-0.1, -0.05) is 0 Å². The molecule has 2 heterocycles. The first-order valence-electron chi connectivity index (χ1n) is 9.46. The van der Waals surface area contributed by atoms with E-state index in [1.54, 1.807) is 24.3 Å². The van der Waals surface area contributed by atoms with Gasteiger partial charge in [-0.05, 0) is 42.5 Å². The number of fused-ring (bicyclic) bond motifs is 1. The Labute approximate surface area is 185 Å². The van der Waals surface area contributed by atoms with Gasteiger partial charge < -0.3 is 20.5 Å². The molecule has 2 aromatic heterocycles. The van der Waals surface area contributed by atoms with Gasteiger partial charge >= 0.3 is 6.18 Å². The summed E-state index contributed by atoms with van der Waals surface area (Å²) < 4.78 is 50.1. The normalized spacial score (nSPS) is 11.3. The first-order valence-corrected chi connectivity index (χ1v) is 9.46. The van der Waals surface area contributed by atoms with Gasteiger partial charge in [0, 0.05) is 23.8 Å². The van der Waals surface area contributed by atoms with Crippen LogP contribution in [-0.2, 0) is 6.18 Å². The quantitative estimate of drug-likeness (QED) is 0.434. The van der Waals surface area contributed by atoms with E-state index in [9.17, 15) is 18.0 Å². The summed E-state index contributed by atoms with van der Waals surface area (Å²) >= 11 is 0. The molecule has 0 atom stereocenters. The van der Waals surface area contributed by atoms with Gasteiger partial charge in [-0.3, -0.25) is 9.78 Å². The molecule has 0 unspecified atom stereocenters. The summed E-state index contributed by atoms with van der Waals surface area (Å²) in [4.78, 5) is 23.6. The highest BCUT2D eigenvalue weighted by molar-refractivity contribution is 5.91. The van der Waals surface area contributed by atoms with Crippen LogP contribution in [0.25, 0.3) is 10.9 Å². The number of hydrogen-bond donors (Lipinski definition) is 2. The van der Waals surface area contributed by atoms with Crippen molar-refractivity contribution < 1.29 is 27.4 Å². The molecule has 3 N–H and O–H groups in total. The molecule has 2 aromatic carbocycles. The van der Waals surface area contributed by atoms with E-state index in [1.807, 2.05) is 0 Å². The molecule has 33 heavy (non-hydrogen) atoms. The molecule has 0 aliphatic rings. The Kier molecular flexibility index (Phi) is 5.69. The van der Waals surface area contributed by atoms with Crippen LogP contribution in [0.1, 0.15) is 16.1 Å². The number of hydrogen-bond acceptors (Lipinski definition) is 7. The number of pyridine rings is 1. The van der Waals surface area contributed by atoms with Crippen molar-refractivity contribution in [2.45, 2.75) is 6.18 Å². The Morgan fingerprint density at radius 2 is 1.82 bits per heavy atom. The van der Waals surface area contributed by atoms with Gasteiger partial charge in [0.15, 0.2) is 0 Å². The topological polar surface area (TPSA) is 112 Å². The highest BCUT2D eigenvalue weighted by atomic mass is 19.4. The molecule has 4 rings (SSSR count). The highest BCUT2D eigenvalue weighted by Crippen LogP contribution is 2.36. The van der Waals surface area contributed by atoms with Gasteiger partial charge in [0.25, 0.3) is 5.91 Å². The number of benzene rings is 2. The number of ether oxygens (including phenoxy) is 2. The zero-order valence-electron chi connectivity index (χ0n) is 17.1. The number of methoxy groups -OCH3 is 1. The van der Waals surface area contributed by atoms with Crippen molar-refractivity contribution in [1.29, 1.82) is 0 Å². The fourth-order valence-electron chi connectivity index (χ4n) is 2.98. The summed E-state index contributed by atoms with van der Waals surface area (Å²) in [5, 5.41) is 3.39. The molecule has 0 fully saturated rings. The summed E-state index contributed by atoms with van der Waals surface area (Å²) in [5.41, 5.74) is 5.07. The zero-order chi connectivity index (χ0) is 23.6. The van der Waals surface area contributed by atoms with Crippen molar-refractivity contribution in [1.82, 2.24) is 15.0 Å². The van der Waals surface area contributed by atoms with Crippen molar-refractivity contribution in [2.75, 3.05) is 12.4 Å². The molecular formula is C22H16F3N5O3. The second-order valence-corrected chi connectivity index (χ2v) is 6.80. The van der Waals surface area contributed by atoms with Gasteiger partial charge in [-0.15, -0.1) is 0 Å². The Balaban J connectivity index is 1.59. The number of nitrogens with one attached hydrogen (secondary N) is 1. The fourth-order valence-corrected chi connectivity index (χ4v) is 2.98. The van der Waals surface area contributed by atoms with Crippen LogP contribution in [-0.4, -0.2) is 28.0 Å². The minimum absolute atomic E-state index is 0.0670. The maximum absolute atomic E-state index is 13.1. The number of carbonyl (C=O) groups is 1. The van der Waals surface area contributed by atoms with Gasteiger partial charge in [0.2, 0.25) is 5.95 Å². The summed E-state index contributed by atoms with van der Waals surface area (Å²) in [6.45, 7) is 0. The van der Waals surface area contributed by atoms with Crippen molar-refractivity contribution in [3.05, 3.63) is 72.2 Å². The predicted molar refractivity (Wildman–Crippen MR) is 114 cm³/mol. The number of rotatable bonds is 6. The minimum atomic E-state index is -4.50. The number of nitrogens with zero attached hydrogens (tertiary/aromatic N) is 3. The number of aromatic nitrogens is 3. The van der Waals surface area contributed by atoms with E-state index in [2.05, 4.69) is 20.3 Å². The third-order valence-electron chi connectivity index (χ3n) is 4.54. The predicted octanol–water partition coefficient (Wildman–Crippen LogP) is 4.69. The van der Waals surface area contributed by atoms with Crippen LogP contribution >= 0.6 is 0 Å². The van der Waals surface area contributed by atoms with Crippen molar-refractivity contribution in [3.63, 3.8) is 0 Å². The molecule has 0 aliphatic heterocycles. The maximum atomic E-state index is 13.1. The first-order chi connectivity index (χ1) is 15.7. The highest BCUT2D eigenvalue weighted by Gasteiger charge is 2.31. The Morgan fingerprint density at radius 1 is 1.03 bits per heavy atom. The second-order valence-electron chi connectivity index (χ2n) is 6.80. The lowest BCUT2D eigenvalue weighted by Crippen LogP contribution is -2.12. The molecule has 0 saturated carbocycles. The Morgan fingerprint density at radius 3 is 2.55 bits per heavy atom. The number of nitrogens with two attached hydrogens (primary N) is 1. The Bertz CT molecular complexity index is 1340. The first kappa shape index (κ1) is 21.8. The van der Waals surface area contributed by atoms with Crippen molar-refractivity contribution >= 4 is 28.4 Å². The lowest BCUT2D eigenvalue weighted by molar-refractivity contribution is -0.137. The molecule has 1 amide bonds. The standard InChI is InChI=1S/C22H16F3N5O3/c1-32-19-5-2-13(22(23,24)25)9-17(19)30-21-28-11-12-8-14(3-4-16(12)29-21)33-15-6-7-27-18(10-15)20(26)31/h2-11H,1H3,(H2,26,31)(H,28,29,30). The zero-order valence-corrected chi connectivity index (χ0v) is 17.1. The van der Waals surface area contributed by atoms with E-state index >= 15 is 0 Å². The van der Waals surface area contributed by atoms with Crippen LogP contribution in [0.5, 0.6) is 17.2 Å². The summed E-state index contributed by atoms with van der Waals surface area (Å²) in [6, 6.07) is 11.1. The van der Waals surface area contributed by atoms with Gasteiger partial charge in [0.05, 0.1) is 23.9 Å². The molecular weight excluding hydrogens is 439 g/mol. The van der Waals surface area contributed by atoms with E-state index < -0.39 is 17.6 Å². The van der Waals surface area contributed by atoms with Crippen molar-refractivity contribution in [3.8, 4) is 17.2 Å². The van der Waals surface area contributed by atoms with Crippen LogP contribution in [0, 0.1) is 0 Å². The molecule has 11 heteroatoms. The van der Waals surface area contributed by atoms with E-state index in [4.69, 9.17) is 15.2 Å². The van der Waals surface area contributed by atoms with Gasteiger partial charge in [-0.2, -0.15) is 13.2 Å². The smallest absolute Gasteiger partial charge is 0.416 e. The number of anilines is 2. The lowest BCUT2D eigenvalue weighted by atomic mass is 10.2. The van der Waals surface area contributed by atoms with E-state index in [0.29, 0.717) is 22.4 Å². The average Bonchev–Trinajstić information content (AvgIpc) is 2.78. The van der Waals surface area contributed by atoms with E-state index in [-0.39, 0.29) is 23.1 Å². The number of halogens is 3. The number of amides is 1. The fraction of sp³-hybridized carbons (Fsp3) is 0.0909. The largest absolute Gasteiger partial charge is 0.495 e. The summed E-state index contributed by atoms with van der Waals surface area (Å²) in [7, 11) is 1.35. The number of carbonyl (C=O) groups excluding carboxylic acids is 1. The van der Waals surface area contributed by atoms with Crippen LogP contribution < -0.4 is 20.5 Å². The summed E-state index contributed by atoms with van der Waals surface area (Å²) in [5.74, 6) is 0.448. The molecule has 0 bridgehead atoms. The number of primary amides is 1. The third kappa shape index (κ3) is 4.92. The van der Waals surface area contributed by atoms with Crippen LogP contribution in [0.3, 0.4) is 0 Å². The third-order valence-corrected chi connectivity index (χ3v) is 4.54. The molecule has 0 radical (unpaired) electrons. The molecule has 0 saturated heterocycles. The second kappa shape index (κ2) is 8.61. The lowest BCUT2D eigenvalue weighted by Gasteiger charge is -2.14. The average molecular weight is 455 g/mol. The van der Waals surface area contributed by atoms with Crippen molar-refractivity contribution in [2.24, 2.45) is 5.73 Å².